The van der Waals surface area contributed by atoms with Gasteiger partial charge in [-0.05, 0) is 31.2 Å². The van der Waals surface area contributed by atoms with Crippen LogP contribution in [-0.2, 0) is 11.8 Å². The van der Waals surface area contributed by atoms with Crippen molar-refractivity contribution in [2.24, 2.45) is 7.05 Å². The molecule has 1 amide bonds. The number of thioether (sulfide) groups is 1. The third-order valence-electron chi connectivity index (χ3n) is 3.79. The Kier molecular flexibility index (Phi) is 5.50. The number of nitrogens with one attached hydrogen (secondary N) is 1. The van der Waals surface area contributed by atoms with Crippen molar-refractivity contribution in [3.05, 3.63) is 59.9 Å². The van der Waals surface area contributed by atoms with Gasteiger partial charge in [-0.15, -0.1) is 10.2 Å². The number of benzene rings is 2. The van der Waals surface area contributed by atoms with Gasteiger partial charge in [-0.2, -0.15) is 0 Å². The number of aromatic nitrogens is 3. The zero-order valence-corrected chi connectivity index (χ0v) is 15.2. The first-order valence-corrected chi connectivity index (χ1v) is 8.81. The normalized spacial score (nSPS) is 12.0. The Morgan fingerprint density at radius 2 is 1.85 bits per heavy atom. The molecule has 27 heavy (non-hydrogen) atoms. The number of rotatable bonds is 5. The Hall–Kier alpha value is -2.81. The molecule has 0 fully saturated rings. The van der Waals surface area contributed by atoms with Gasteiger partial charge >= 0.3 is 0 Å². The van der Waals surface area contributed by atoms with Crippen LogP contribution in [0.15, 0.2) is 47.6 Å². The minimum absolute atomic E-state index is 0.112. The van der Waals surface area contributed by atoms with E-state index in [0.717, 1.165) is 23.9 Å². The number of carbonyl (C=O) groups excluding carboxylic acids is 1. The van der Waals surface area contributed by atoms with E-state index in [9.17, 15) is 18.0 Å². The van der Waals surface area contributed by atoms with Crippen LogP contribution in [0.1, 0.15) is 6.92 Å². The molecule has 3 rings (SSSR count). The van der Waals surface area contributed by atoms with Crippen molar-refractivity contribution in [3.63, 3.8) is 0 Å². The van der Waals surface area contributed by atoms with Gasteiger partial charge in [0.1, 0.15) is 17.5 Å². The molecule has 0 aliphatic carbocycles. The summed E-state index contributed by atoms with van der Waals surface area (Å²) in [5.41, 5.74) is 0.184. The maximum Gasteiger partial charge on any atom is 0.237 e. The second-order valence-corrected chi connectivity index (χ2v) is 7.03. The van der Waals surface area contributed by atoms with Crippen molar-refractivity contribution in [3.8, 4) is 11.4 Å². The highest BCUT2D eigenvalue weighted by molar-refractivity contribution is 8.00. The van der Waals surface area contributed by atoms with Crippen molar-refractivity contribution in [1.82, 2.24) is 14.8 Å². The monoisotopic (exact) mass is 392 g/mol. The molecule has 5 nitrogen and oxygen atoms in total. The molecule has 140 valence electrons. The van der Waals surface area contributed by atoms with Crippen LogP contribution in [0.4, 0.5) is 18.9 Å². The zero-order valence-electron chi connectivity index (χ0n) is 14.4. The third kappa shape index (κ3) is 4.13. The standard InChI is InChI=1S/C18H15F3N4OS/c1-10(17(26)22-15-8-7-11(19)9-14(15)21)27-18-24-23-16(25(18)2)12-5-3-4-6-13(12)20/h3-10H,1-2H3,(H,22,26). The van der Waals surface area contributed by atoms with Gasteiger partial charge in [0.15, 0.2) is 11.0 Å². The van der Waals surface area contributed by atoms with Crippen LogP contribution in [0, 0.1) is 17.5 Å². The molecule has 0 saturated heterocycles. The van der Waals surface area contributed by atoms with E-state index in [1.165, 1.54) is 6.07 Å². The summed E-state index contributed by atoms with van der Waals surface area (Å²) in [6, 6.07) is 9.07. The first kappa shape index (κ1) is 19.0. The van der Waals surface area contributed by atoms with Gasteiger partial charge < -0.3 is 9.88 Å². The third-order valence-corrected chi connectivity index (χ3v) is 4.92. The van der Waals surface area contributed by atoms with E-state index in [2.05, 4.69) is 15.5 Å². The van der Waals surface area contributed by atoms with Gasteiger partial charge in [-0.3, -0.25) is 4.79 Å². The Morgan fingerprint density at radius 1 is 1.11 bits per heavy atom. The van der Waals surface area contributed by atoms with Gasteiger partial charge in [0.05, 0.1) is 16.5 Å². The highest BCUT2D eigenvalue weighted by atomic mass is 32.2. The molecular weight excluding hydrogens is 377 g/mol. The lowest BCUT2D eigenvalue weighted by Gasteiger charge is -2.12. The Balaban J connectivity index is 1.73. The lowest BCUT2D eigenvalue weighted by atomic mass is 10.2. The predicted octanol–water partition coefficient (Wildman–Crippen LogP) is 4.02. The molecule has 2 aromatic carbocycles. The number of hydrogen-bond donors (Lipinski definition) is 1. The summed E-state index contributed by atoms with van der Waals surface area (Å²) in [6.07, 6.45) is 0. The number of anilines is 1. The summed E-state index contributed by atoms with van der Waals surface area (Å²) < 4.78 is 42.1. The second-order valence-electron chi connectivity index (χ2n) is 5.72. The average Bonchev–Trinajstić information content (AvgIpc) is 2.98. The molecular formula is C18H15F3N4OS. The van der Waals surface area contributed by atoms with E-state index in [4.69, 9.17) is 0 Å². The molecule has 1 N–H and O–H groups in total. The van der Waals surface area contributed by atoms with Crippen molar-refractivity contribution in [2.75, 3.05) is 5.32 Å². The molecule has 0 aliphatic rings. The van der Waals surface area contributed by atoms with Gasteiger partial charge in [0.25, 0.3) is 0 Å². The van der Waals surface area contributed by atoms with Gasteiger partial charge in [0, 0.05) is 13.1 Å². The van der Waals surface area contributed by atoms with Crippen LogP contribution in [0.3, 0.4) is 0 Å². The molecule has 1 heterocycles. The van der Waals surface area contributed by atoms with Gasteiger partial charge in [-0.1, -0.05) is 23.9 Å². The van der Waals surface area contributed by atoms with E-state index in [1.54, 1.807) is 36.7 Å². The van der Waals surface area contributed by atoms with Crippen LogP contribution >= 0.6 is 11.8 Å². The van der Waals surface area contributed by atoms with E-state index in [-0.39, 0.29) is 5.69 Å². The largest absolute Gasteiger partial charge is 0.323 e. The molecule has 3 aromatic rings. The second kappa shape index (κ2) is 7.83. The van der Waals surface area contributed by atoms with Gasteiger partial charge in [-0.25, -0.2) is 13.2 Å². The molecule has 1 atom stereocenters. The molecule has 9 heteroatoms. The first-order valence-electron chi connectivity index (χ1n) is 7.93. The van der Waals surface area contributed by atoms with Crippen LogP contribution in [0.2, 0.25) is 0 Å². The van der Waals surface area contributed by atoms with Crippen LogP contribution in [0.25, 0.3) is 11.4 Å². The average molecular weight is 392 g/mol. The van der Waals surface area contributed by atoms with Crippen LogP contribution < -0.4 is 5.32 Å². The summed E-state index contributed by atoms with van der Waals surface area (Å²) in [4.78, 5) is 12.3. The number of carbonyl (C=O) groups is 1. The lowest BCUT2D eigenvalue weighted by Crippen LogP contribution is -2.23. The molecule has 0 bridgehead atoms. The first-order chi connectivity index (χ1) is 12.9. The molecule has 1 aromatic heterocycles. The predicted molar refractivity (Wildman–Crippen MR) is 96.7 cm³/mol. The van der Waals surface area contributed by atoms with E-state index < -0.39 is 28.6 Å². The van der Waals surface area contributed by atoms with E-state index >= 15 is 0 Å². The topological polar surface area (TPSA) is 59.8 Å². The fraction of sp³-hybridized carbons (Fsp3) is 0.167. The Labute approximate surface area is 157 Å². The van der Waals surface area contributed by atoms with Gasteiger partial charge in [0.2, 0.25) is 5.91 Å². The maximum absolute atomic E-state index is 13.9. The van der Waals surface area contributed by atoms with E-state index in [1.807, 2.05) is 0 Å². The van der Waals surface area contributed by atoms with Crippen molar-refractivity contribution in [1.29, 1.82) is 0 Å². The smallest absolute Gasteiger partial charge is 0.237 e. The summed E-state index contributed by atoms with van der Waals surface area (Å²) >= 11 is 1.09. The number of halogens is 3. The van der Waals surface area contributed by atoms with Crippen molar-refractivity contribution < 1.29 is 18.0 Å². The Bertz CT molecular complexity index is 992. The highest BCUT2D eigenvalue weighted by Gasteiger charge is 2.21. The fourth-order valence-electron chi connectivity index (χ4n) is 2.33. The molecule has 1 unspecified atom stereocenters. The molecule has 0 spiro atoms. The minimum atomic E-state index is -0.860. The van der Waals surface area contributed by atoms with Crippen molar-refractivity contribution in [2.45, 2.75) is 17.3 Å². The summed E-state index contributed by atoms with van der Waals surface area (Å²) in [6.45, 7) is 1.61. The fourth-order valence-corrected chi connectivity index (χ4v) is 3.15. The summed E-state index contributed by atoms with van der Waals surface area (Å²) in [7, 11) is 1.66. The van der Waals surface area contributed by atoms with Crippen LogP contribution in [0.5, 0.6) is 0 Å². The quantitative estimate of drug-likeness (QED) is 0.667. The number of nitrogens with zero attached hydrogens (tertiary/aromatic N) is 3. The Morgan fingerprint density at radius 3 is 2.56 bits per heavy atom. The summed E-state index contributed by atoms with van der Waals surface area (Å²) in [5.74, 6) is -2.18. The van der Waals surface area contributed by atoms with Crippen molar-refractivity contribution >= 4 is 23.4 Å². The molecule has 0 radical (unpaired) electrons. The molecule has 0 saturated carbocycles. The molecule has 0 aliphatic heterocycles. The maximum atomic E-state index is 13.9. The van der Waals surface area contributed by atoms with Crippen LogP contribution in [-0.4, -0.2) is 25.9 Å². The zero-order chi connectivity index (χ0) is 19.6. The lowest BCUT2D eigenvalue weighted by molar-refractivity contribution is -0.115. The van der Waals surface area contributed by atoms with E-state index in [0.29, 0.717) is 22.6 Å². The summed E-state index contributed by atoms with van der Waals surface area (Å²) in [5, 5.41) is 10.1. The number of hydrogen-bond acceptors (Lipinski definition) is 4. The highest BCUT2D eigenvalue weighted by Crippen LogP contribution is 2.27. The SMILES string of the molecule is CC(Sc1nnc(-c2ccccc2F)n1C)C(=O)Nc1ccc(F)cc1F. The minimum Gasteiger partial charge on any atom is -0.323 e. The number of amides is 1.